The van der Waals surface area contributed by atoms with Crippen molar-refractivity contribution in [3.05, 3.63) is 47.8 Å². The Labute approximate surface area is 92.3 Å². The summed E-state index contributed by atoms with van der Waals surface area (Å²) in [5.74, 6) is -1.00. The van der Waals surface area contributed by atoms with Gasteiger partial charge in [0.25, 0.3) is 0 Å². The van der Waals surface area contributed by atoms with Gasteiger partial charge in [0.1, 0.15) is 0 Å². The molecule has 0 aliphatic carbocycles. The van der Waals surface area contributed by atoms with E-state index in [1.54, 1.807) is 0 Å². The number of rotatable bonds is 4. The molecule has 2 aromatic rings. The van der Waals surface area contributed by atoms with Gasteiger partial charge in [-0.3, -0.25) is 0 Å². The van der Waals surface area contributed by atoms with Crippen LogP contribution in [0.5, 0.6) is 0 Å². The molecule has 0 spiro atoms. The zero-order valence-electron chi connectivity index (χ0n) is 8.58. The maximum Gasteiger partial charge on any atom is 0.355 e. The summed E-state index contributed by atoms with van der Waals surface area (Å²) in [6.45, 7) is 0.519. The number of aromatic nitrogens is 3. The number of aromatic carboxylic acids is 1. The Bertz CT molecular complexity index is 479. The number of carbonyl (C=O) groups is 1. The molecule has 16 heavy (non-hydrogen) atoms. The van der Waals surface area contributed by atoms with Crippen molar-refractivity contribution in [1.29, 1.82) is 0 Å². The second kappa shape index (κ2) is 4.57. The van der Waals surface area contributed by atoms with Crippen molar-refractivity contribution in [3.8, 4) is 0 Å². The zero-order valence-corrected chi connectivity index (χ0v) is 8.58. The van der Waals surface area contributed by atoms with Crippen molar-refractivity contribution in [2.24, 2.45) is 0 Å². The molecule has 82 valence electrons. The quantitative estimate of drug-likeness (QED) is 0.836. The highest BCUT2D eigenvalue weighted by molar-refractivity contribution is 5.85. The molecule has 0 saturated carbocycles. The van der Waals surface area contributed by atoms with Crippen LogP contribution in [0.4, 0.5) is 0 Å². The molecule has 0 fully saturated rings. The first-order valence-corrected chi connectivity index (χ1v) is 4.93. The molecule has 0 aliphatic rings. The van der Waals surface area contributed by atoms with Crippen LogP contribution < -0.4 is 0 Å². The van der Waals surface area contributed by atoms with Crippen molar-refractivity contribution in [2.75, 3.05) is 0 Å². The Balaban J connectivity index is 2.05. The van der Waals surface area contributed by atoms with E-state index in [4.69, 9.17) is 5.11 Å². The second-order valence-corrected chi connectivity index (χ2v) is 3.38. The van der Waals surface area contributed by atoms with E-state index in [1.807, 2.05) is 30.3 Å². The van der Waals surface area contributed by atoms with Gasteiger partial charge in [0.05, 0.1) is 6.20 Å². The summed E-state index contributed by atoms with van der Waals surface area (Å²) in [5.41, 5.74) is 1.27. The van der Waals surface area contributed by atoms with Crippen LogP contribution in [0.3, 0.4) is 0 Å². The third kappa shape index (κ3) is 2.25. The molecule has 1 N–H and O–H groups in total. The van der Waals surface area contributed by atoms with Gasteiger partial charge in [-0.25, -0.2) is 9.48 Å². The van der Waals surface area contributed by atoms with E-state index in [0.29, 0.717) is 6.54 Å². The van der Waals surface area contributed by atoms with Crippen LogP contribution in [-0.4, -0.2) is 26.1 Å². The normalized spacial score (nSPS) is 10.2. The van der Waals surface area contributed by atoms with Crippen molar-refractivity contribution < 1.29 is 9.90 Å². The van der Waals surface area contributed by atoms with Crippen LogP contribution in [0.15, 0.2) is 36.5 Å². The lowest BCUT2D eigenvalue weighted by Gasteiger charge is -2.03. The summed E-state index contributed by atoms with van der Waals surface area (Å²) in [7, 11) is 0. The van der Waals surface area contributed by atoms with Gasteiger partial charge < -0.3 is 5.11 Å². The lowest BCUT2D eigenvalue weighted by atomic mass is 10.1. The lowest BCUT2D eigenvalue weighted by molar-refractivity contribution is 0.0683. The van der Waals surface area contributed by atoms with E-state index in [-0.39, 0.29) is 5.69 Å². The average molecular weight is 217 g/mol. The van der Waals surface area contributed by atoms with E-state index in [2.05, 4.69) is 10.3 Å². The molecule has 2 rings (SSSR count). The molecule has 0 aliphatic heterocycles. The summed E-state index contributed by atoms with van der Waals surface area (Å²) in [4.78, 5) is 10.8. The Kier molecular flexibility index (Phi) is 2.95. The first-order valence-electron chi connectivity index (χ1n) is 4.93. The second-order valence-electron chi connectivity index (χ2n) is 3.38. The molecule has 0 radical (unpaired) electrons. The van der Waals surface area contributed by atoms with Gasteiger partial charge in [0.2, 0.25) is 0 Å². The molecule has 1 aromatic heterocycles. The highest BCUT2D eigenvalue weighted by Gasteiger charge is 2.10. The first-order chi connectivity index (χ1) is 7.77. The van der Waals surface area contributed by atoms with Crippen LogP contribution in [0.1, 0.15) is 16.1 Å². The SMILES string of the molecule is O=C(O)c1cnnn1CCc1ccccc1. The van der Waals surface area contributed by atoms with Crippen molar-refractivity contribution in [1.82, 2.24) is 15.0 Å². The van der Waals surface area contributed by atoms with Crippen molar-refractivity contribution in [3.63, 3.8) is 0 Å². The summed E-state index contributed by atoms with van der Waals surface area (Å²) in [6.07, 6.45) is 2.00. The Morgan fingerprint density at radius 2 is 2.06 bits per heavy atom. The standard InChI is InChI=1S/C11H11N3O2/c15-11(16)10-8-12-13-14(10)7-6-9-4-2-1-3-5-9/h1-5,8H,6-7H2,(H,15,16). The van der Waals surface area contributed by atoms with Crippen LogP contribution in [0, 0.1) is 0 Å². The minimum absolute atomic E-state index is 0.121. The maximum absolute atomic E-state index is 10.8. The largest absolute Gasteiger partial charge is 0.476 e. The van der Waals surface area contributed by atoms with Gasteiger partial charge in [0, 0.05) is 6.54 Å². The first kappa shape index (κ1) is 10.4. The fraction of sp³-hybridized carbons (Fsp3) is 0.182. The zero-order chi connectivity index (χ0) is 11.4. The highest BCUT2D eigenvalue weighted by atomic mass is 16.4. The van der Waals surface area contributed by atoms with Gasteiger partial charge in [-0.05, 0) is 12.0 Å². The average Bonchev–Trinajstić information content (AvgIpc) is 2.76. The number of benzene rings is 1. The molecule has 1 aromatic carbocycles. The summed E-state index contributed by atoms with van der Waals surface area (Å²) >= 11 is 0. The van der Waals surface area contributed by atoms with E-state index in [0.717, 1.165) is 12.0 Å². The number of carboxylic acid groups (broad SMARTS) is 1. The third-order valence-electron chi connectivity index (χ3n) is 2.29. The van der Waals surface area contributed by atoms with Gasteiger partial charge >= 0.3 is 5.97 Å². The van der Waals surface area contributed by atoms with Gasteiger partial charge in [0.15, 0.2) is 5.69 Å². The third-order valence-corrected chi connectivity index (χ3v) is 2.29. The topological polar surface area (TPSA) is 68.0 Å². The predicted molar refractivity (Wildman–Crippen MR) is 57.1 cm³/mol. The van der Waals surface area contributed by atoms with E-state index >= 15 is 0 Å². The number of hydrogen-bond donors (Lipinski definition) is 1. The number of hydrogen-bond acceptors (Lipinski definition) is 3. The molecular weight excluding hydrogens is 206 g/mol. The van der Waals surface area contributed by atoms with Crippen LogP contribution in [-0.2, 0) is 13.0 Å². The molecule has 0 amide bonds. The number of aryl methyl sites for hydroxylation is 2. The highest BCUT2D eigenvalue weighted by Crippen LogP contribution is 2.03. The monoisotopic (exact) mass is 217 g/mol. The van der Waals surface area contributed by atoms with Crippen molar-refractivity contribution in [2.45, 2.75) is 13.0 Å². The fourth-order valence-electron chi connectivity index (χ4n) is 1.47. The minimum atomic E-state index is -1.00. The van der Waals surface area contributed by atoms with E-state index in [1.165, 1.54) is 10.9 Å². The number of carboxylic acids is 1. The smallest absolute Gasteiger partial charge is 0.355 e. The lowest BCUT2D eigenvalue weighted by Crippen LogP contribution is -2.11. The van der Waals surface area contributed by atoms with Crippen LogP contribution >= 0.6 is 0 Å². The van der Waals surface area contributed by atoms with E-state index in [9.17, 15) is 4.79 Å². The fourth-order valence-corrected chi connectivity index (χ4v) is 1.47. The number of nitrogens with zero attached hydrogens (tertiary/aromatic N) is 3. The van der Waals surface area contributed by atoms with E-state index < -0.39 is 5.97 Å². The van der Waals surface area contributed by atoms with Gasteiger partial charge in [-0.2, -0.15) is 0 Å². The summed E-state index contributed by atoms with van der Waals surface area (Å²) < 4.78 is 1.40. The summed E-state index contributed by atoms with van der Waals surface area (Å²) in [6, 6.07) is 9.85. The Morgan fingerprint density at radius 1 is 1.31 bits per heavy atom. The molecule has 0 saturated heterocycles. The molecule has 0 atom stereocenters. The van der Waals surface area contributed by atoms with Gasteiger partial charge in [-0.1, -0.05) is 35.5 Å². The molecule has 5 heteroatoms. The van der Waals surface area contributed by atoms with Gasteiger partial charge in [-0.15, -0.1) is 5.10 Å². The molecule has 0 bridgehead atoms. The molecule has 1 heterocycles. The molecular formula is C11H11N3O2. The maximum atomic E-state index is 10.8. The van der Waals surface area contributed by atoms with Crippen molar-refractivity contribution >= 4 is 5.97 Å². The summed E-state index contributed by atoms with van der Waals surface area (Å²) in [5, 5.41) is 16.2. The molecule has 0 unspecified atom stereocenters. The minimum Gasteiger partial charge on any atom is -0.476 e. The predicted octanol–water partition coefficient (Wildman–Crippen LogP) is 1.22. The Hall–Kier alpha value is -2.17. The van der Waals surface area contributed by atoms with Crippen LogP contribution in [0.25, 0.3) is 0 Å². The molecule has 5 nitrogen and oxygen atoms in total. The van der Waals surface area contributed by atoms with Crippen LogP contribution in [0.2, 0.25) is 0 Å². The Morgan fingerprint density at radius 3 is 2.75 bits per heavy atom.